The largest absolute Gasteiger partial charge is 0.489 e. The van der Waals surface area contributed by atoms with Crippen molar-refractivity contribution in [3.8, 4) is 11.8 Å². The van der Waals surface area contributed by atoms with E-state index in [0.717, 1.165) is 0 Å². The van der Waals surface area contributed by atoms with Crippen LogP contribution in [0, 0.1) is 18.3 Å². The van der Waals surface area contributed by atoms with E-state index >= 15 is 0 Å². The van der Waals surface area contributed by atoms with Crippen LogP contribution in [0.5, 0.6) is 5.75 Å². The van der Waals surface area contributed by atoms with Gasteiger partial charge in [0, 0.05) is 0 Å². The van der Waals surface area contributed by atoms with Crippen molar-refractivity contribution in [2.75, 3.05) is 5.32 Å². The summed E-state index contributed by atoms with van der Waals surface area (Å²) >= 11 is 0. The zero-order valence-corrected chi connectivity index (χ0v) is 13.2. The maximum Gasteiger partial charge on any atom is 0.319 e. The number of aryl methyl sites for hydroxylation is 1. The van der Waals surface area contributed by atoms with E-state index in [2.05, 4.69) is 15.6 Å². The first-order valence-electron chi connectivity index (χ1n) is 7.14. The van der Waals surface area contributed by atoms with Crippen LogP contribution in [0.15, 0.2) is 29.0 Å². The molecular formula is C16H18N4O3. The van der Waals surface area contributed by atoms with E-state index < -0.39 is 6.03 Å². The number of urea groups is 1. The molecular weight excluding hydrogens is 296 g/mol. The predicted octanol–water partition coefficient (Wildman–Crippen LogP) is 2.96. The molecule has 1 aromatic heterocycles. The molecule has 120 valence electrons. The third kappa shape index (κ3) is 4.48. The van der Waals surface area contributed by atoms with Crippen molar-refractivity contribution < 1.29 is 13.9 Å². The van der Waals surface area contributed by atoms with E-state index in [-0.39, 0.29) is 12.6 Å². The van der Waals surface area contributed by atoms with E-state index in [4.69, 9.17) is 14.4 Å². The molecule has 2 aromatic rings. The molecule has 2 N–H and O–H groups in total. The van der Waals surface area contributed by atoms with E-state index in [1.807, 2.05) is 19.9 Å². The molecule has 23 heavy (non-hydrogen) atoms. The van der Waals surface area contributed by atoms with Crippen molar-refractivity contribution in [2.24, 2.45) is 0 Å². The summed E-state index contributed by atoms with van der Waals surface area (Å²) in [6.45, 7) is 5.78. The molecule has 0 aliphatic heterocycles. The van der Waals surface area contributed by atoms with Crippen molar-refractivity contribution in [1.29, 1.82) is 5.26 Å². The Morgan fingerprint density at radius 1 is 1.48 bits per heavy atom. The number of nitrogens with one attached hydrogen (secondary N) is 2. The van der Waals surface area contributed by atoms with Crippen molar-refractivity contribution in [3.05, 3.63) is 41.6 Å². The number of ether oxygens (including phenoxy) is 1. The predicted molar refractivity (Wildman–Crippen MR) is 84.0 cm³/mol. The fourth-order valence-corrected chi connectivity index (χ4v) is 1.88. The minimum Gasteiger partial charge on any atom is -0.489 e. The van der Waals surface area contributed by atoms with Gasteiger partial charge >= 0.3 is 6.03 Å². The highest BCUT2D eigenvalue weighted by molar-refractivity contribution is 5.91. The number of oxazole rings is 1. The standard InChI is InChI=1S/C16H18N4O3/c1-10(2)23-15-5-4-12(7-17)6-13(15)20-16(21)18-8-14-11(3)22-9-19-14/h4-6,9-10H,8H2,1-3H3,(H2,18,20,21). The van der Waals surface area contributed by atoms with Gasteiger partial charge in [0.15, 0.2) is 6.39 Å². The average Bonchev–Trinajstić information content (AvgIpc) is 2.91. The minimum atomic E-state index is -0.420. The quantitative estimate of drug-likeness (QED) is 0.883. The van der Waals surface area contributed by atoms with Gasteiger partial charge in [0.25, 0.3) is 0 Å². The van der Waals surface area contributed by atoms with Gasteiger partial charge in [-0.3, -0.25) is 0 Å². The van der Waals surface area contributed by atoms with E-state index in [0.29, 0.717) is 28.5 Å². The number of carbonyl (C=O) groups is 1. The van der Waals surface area contributed by atoms with Crippen LogP contribution >= 0.6 is 0 Å². The second-order valence-corrected chi connectivity index (χ2v) is 5.15. The summed E-state index contributed by atoms with van der Waals surface area (Å²) in [6, 6.07) is 6.48. The number of carbonyl (C=O) groups excluding carboxylic acids is 1. The van der Waals surface area contributed by atoms with E-state index in [9.17, 15) is 4.79 Å². The highest BCUT2D eigenvalue weighted by atomic mass is 16.5. The van der Waals surface area contributed by atoms with Crippen molar-refractivity contribution in [2.45, 2.75) is 33.4 Å². The number of rotatable bonds is 5. The second-order valence-electron chi connectivity index (χ2n) is 5.15. The first kappa shape index (κ1) is 16.4. The third-order valence-corrected chi connectivity index (χ3v) is 2.98. The van der Waals surface area contributed by atoms with Gasteiger partial charge in [-0.25, -0.2) is 9.78 Å². The Bertz CT molecular complexity index is 731. The molecule has 0 bridgehead atoms. The molecule has 0 saturated heterocycles. The molecule has 2 amide bonds. The SMILES string of the molecule is Cc1ocnc1CNC(=O)Nc1cc(C#N)ccc1OC(C)C. The summed E-state index contributed by atoms with van der Waals surface area (Å²) in [5, 5.41) is 14.4. The van der Waals surface area contributed by atoms with Gasteiger partial charge in [-0.15, -0.1) is 0 Å². The number of nitriles is 1. The molecule has 0 fully saturated rings. The second kappa shape index (κ2) is 7.31. The highest BCUT2D eigenvalue weighted by Crippen LogP contribution is 2.26. The Labute approximate surface area is 134 Å². The van der Waals surface area contributed by atoms with Gasteiger partial charge in [-0.05, 0) is 39.0 Å². The minimum absolute atomic E-state index is 0.0515. The zero-order chi connectivity index (χ0) is 16.8. The van der Waals surface area contributed by atoms with Gasteiger partial charge in [0.1, 0.15) is 17.2 Å². The topological polar surface area (TPSA) is 100 Å². The average molecular weight is 314 g/mol. The number of nitrogens with zero attached hydrogens (tertiary/aromatic N) is 2. The molecule has 0 atom stereocenters. The summed E-state index contributed by atoms with van der Waals surface area (Å²) in [5.41, 5.74) is 1.53. The molecule has 0 unspecified atom stereocenters. The van der Waals surface area contributed by atoms with Crippen LogP contribution in [-0.2, 0) is 6.54 Å². The molecule has 0 aliphatic rings. The number of anilines is 1. The van der Waals surface area contributed by atoms with Crippen LogP contribution < -0.4 is 15.4 Å². The van der Waals surface area contributed by atoms with Crippen LogP contribution in [0.3, 0.4) is 0 Å². The smallest absolute Gasteiger partial charge is 0.319 e. The molecule has 1 heterocycles. The molecule has 0 saturated carbocycles. The van der Waals surface area contributed by atoms with Crippen molar-refractivity contribution in [1.82, 2.24) is 10.3 Å². The number of hydrogen-bond donors (Lipinski definition) is 2. The van der Waals surface area contributed by atoms with Gasteiger partial charge < -0.3 is 19.8 Å². The number of hydrogen-bond acceptors (Lipinski definition) is 5. The summed E-state index contributed by atoms with van der Waals surface area (Å²) in [5.74, 6) is 1.16. The third-order valence-electron chi connectivity index (χ3n) is 2.98. The number of aromatic nitrogens is 1. The van der Waals surface area contributed by atoms with Crippen LogP contribution in [0.1, 0.15) is 30.9 Å². The number of benzene rings is 1. The van der Waals surface area contributed by atoms with Crippen molar-refractivity contribution in [3.63, 3.8) is 0 Å². The first-order chi connectivity index (χ1) is 11.0. The lowest BCUT2D eigenvalue weighted by atomic mass is 10.2. The van der Waals surface area contributed by atoms with E-state index in [1.165, 1.54) is 6.39 Å². The molecule has 0 spiro atoms. The lowest BCUT2D eigenvalue weighted by Crippen LogP contribution is -2.29. The fourth-order valence-electron chi connectivity index (χ4n) is 1.88. The molecule has 1 aromatic carbocycles. The lowest BCUT2D eigenvalue weighted by molar-refractivity contribution is 0.241. The van der Waals surface area contributed by atoms with Crippen molar-refractivity contribution >= 4 is 11.7 Å². The van der Waals surface area contributed by atoms with Crippen LogP contribution in [0.4, 0.5) is 10.5 Å². The summed E-state index contributed by atoms with van der Waals surface area (Å²) in [6.07, 6.45) is 1.28. The Morgan fingerprint density at radius 3 is 2.87 bits per heavy atom. The Hall–Kier alpha value is -3.01. The van der Waals surface area contributed by atoms with Crippen LogP contribution in [0.2, 0.25) is 0 Å². The summed E-state index contributed by atoms with van der Waals surface area (Å²) < 4.78 is 10.7. The fraction of sp³-hybridized carbons (Fsp3) is 0.312. The van der Waals surface area contributed by atoms with Crippen LogP contribution in [0.25, 0.3) is 0 Å². The lowest BCUT2D eigenvalue weighted by Gasteiger charge is -2.15. The maximum atomic E-state index is 12.0. The van der Waals surface area contributed by atoms with Gasteiger partial charge in [0.05, 0.1) is 30.0 Å². The zero-order valence-electron chi connectivity index (χ0n) is 13.2. The number of amides is 2. The first-order valence-corrected chi connectivity index (χ1v) is 7.14. The molecule has 0 aliphatic carbocycles. The maximum absolute atomic E-state index is 12.0. The van der Waals surface area contributed by atoms with Crippen LogP contribution in [-0.4, -0.2) is 17.1 Å². The summed E-state index contributed by atoms with van der Waals surface area (Å²) in [7, 11) is 0. The Balaban J connectivity index is 2.06. The Kier molecular flexibility index (Phi) is 5.20. The highest BCUT2D eigenvalue weighted by Gasteiger charge is 2.11. The Morgan fingerprint density at radius 2 is 2.26 bits per heavy atom. The van der Waals surface area contributed by atoms with Gasteiger partial charge in [0.2, 0.25) is 0 Å². The molecule has 7 heteroatoms. The monoisotopic (exact) mass is 314 g/mol. The molecule has 0 radical (unpaired) electrons. The molecule has 7 nitrogen and oxygen atoms in total. The molecule has 2 rings (SSSR count). The van der Waals surface area contributed by atoms with Gasteiger partial charge in [-0.2, -0.15) is 5.26 Å². The van der Waals surface area contributed by atoms with Gasteiger partial charge in [-0.1, -0.05) is 0 Å². The normalized spacial score (nSPS) is 10.2. The van der Waals surface area contributed by atoms with E-state index in [1.54, 1.807) is 25.1 Å². The summed E-state index contributed by atoms with van der Waals surface area (Å²) in [4.78, 5) is 16.0.